The molecule has 10 heteroatoms. The van der Waals surface area contributed by atoms with Crippen LogP contribution in [0.3, 0.4) is 0 Å². The van der Waals surface area contributed by atoms with Gasteiger partial charge in [-0.15, -0.1) is 0 Å². The first-order valence-corrected chi connectivity index (χ1v) is 10.2. The Balaban J connectivity index is 1.49. The minimum Gasteiger partial charge on any atom is -0.480 e. The maximum atomic E-state index is 12.2. The van der Waals surface area contributed by atoms with E-state index in [4.69, 9.17) is 0 Å². The number of hydrogen-bond acceptors (Lipinski definition) is 5. The van der Waals surface area contributed by atoms with Crippen LogP contribution in [-0.4, -0.2) is 65.0 Å². The lowest BCUT2D eigenvalue weighted by Crippen LogP contribution is -2.52. The molecule has 0 saturated carbocycles. The second-order valence-corrected chi connectivity index (χ2v) is 7.62. The van der Waals surface area contributed by atoms with E-state index in [9.17, 15) is 24.3 Å². The summed E-state index contributed by atoms with van der Waals surface area (Å²) in [5.41, 5.74) is 1.65. The molecule has 3 rings (SSSR count). The minimum absolute atomic E-state index is 0.0971. The second-order valence-electron chi connectivity index (χ2n) is 7.62. The summed E-state index contributed by atoms with van der Waals surface area (Å²) in [5.74, 6) is -2.58. The summed E-state index contributed by atoms with van der Waals surface area (Å²) in [6, 6.07) is 5.21. The van der Waals surface area contributed by atoms with Crippen LogP contribution in [-0.2, 0) is 25.6 Å². The average molecular weight is 429 g/mol. The van der Waals surface area contributed by atoms with Gasteiger partial charge in [-0.1, -0.05) is 18.2 Å². The zero-order valence-electron chi connectivity index (χ0n) is 17.2. The zero-order chi connectivity index (χ0) is 22.4. The number of aromatic amines is 1. The third-order valence-corrected chi connectivity index (χ3v) is 5.28. The van der Waals surface area contributed by atoms with Crippen LogP contribution in [0.2, 0.25) is 0 Å². The molecule has 0 radical (unpaired) electrons. The van der Waals surface area contributed by atoms with Crippen molar-refractivity contribution in [2.75, 3.05) is 13.1 Å². The van der Waals surface area contributed by atoms with Crippen molar-refractivity contribution in [1.82, 2.24) is 26.3 Å². The van der Waals surface area contributed by atoms with Crippen LogP contribution in [0.4, 0.5) is 0 Å². The maximum absolute atomic E-state index is 12.2. The standard InChI is InChI=1S/C21H27N5O5/c1-12(25-20(29)16-7-4-8-22-16)19(28)24-11-18(27)26-17(21(30)31)9-13-10-23-15-6-3-2-5-14(13)15/h2-3,5-6,10,12,16-17,22-23H,4,7-9,11H2,1H3,(H,24,28)(H,25,29)(H,26,27)(H,30,31). The molecule has 3 atom stereocenters. The van der Waals surface area contributed by atoms with Gasteiger partial charge in [0.2, 0.25) is 17.7 Å². The molecule has 0 bridgehead atoms. The highest BCUT2D eigenvalue weighted by Crippen LogP contribution is 2.19. The van der Waals surface area contributed by atoms with Crippen molar-refractivity contribution in [3.05, 3.63) is 36.0 Å². The minimum atomic E-state index is -1.17. The van der Waals surface area contributed by atoms with Crippen LogP contribution in [0.25, 0.3) is 10.9 Å². The molecule has 1 saturated heterocycles. The van der Waals surface area contributed by atoms with Crippen molar-refractivity contribution in [3.63, 3.8) is 0 Å². The number of aromatic nitrogens is 1. The van der Waals surface area contributed by atoms with Crippen molar-refractivity contribution >= 4 is 34.6 Å². The van der Waals surface area contributed by atoms with Crippen molar-refractivity contribution in [2.24, 2.45) is 0 Å². The number of H-pyrrole nitrogens is 1. The number of fused-ring (bicyclic) bond motifs is 1. The predicted octanol–water partition coefficient (Wildman–Crippen LogP) is -0.347. The molecular formula is C21H27N5O5. The van der Waals surface area contributed by atoms with E-state index in [0.29, 0.717) is 0 Å². The molecule has 3 amide bonds. The van der Waals surface area contributed by atoms with Gasteiger partial charge in [-0.2, -0.15) is 0 Å². The molecule has 2 aromatic rings. The molecule has 10 nitrogen and oxygen atoms in total. The average Bonchev–Trinajstić information content (AvgIpc) is 3.42. The van der Waals surface area contributed by atoms with E-state index < -0.39 is 36.4 Å². The Bertz CT molecular complexity index is 966. The van der Waals surface area contributed by atoms with Gasteiger partial charge in [0.05, 0.1) is 12.6 Å². The van der Waals surface area contributed by atoms with Gasteiger partial charge >= 0.3 is 5.97 Å². The quantitative estimate of drug-likeness (QED) is 0.321. The van der Waals surface area contributed by atoms with Crippen LogP contribution in [0.15, 0.2) is 30.5 Å². The highest BCUT2D eigenvalue weighted by molar-refractivity contribution is 5.92. The molecule has 0 aliphatic carbocycles. The van der Waals surface area contributed by atoms with Crippen LogP contribution in [0.1, 0.15) is 25.3 Å². The Morgan fingerprint density at radius 1 is 1.19 bits per heavy atom. The molecule has 1 aromatic heterocycles. The topological polar surface area (TPSA) is 152 Å². The lowest BCUT2D eigenvalue weighted by Gasteiger charge is -2.18. The number of hydrogen-bond donors (Lipinski definition) is 6. The van der Waals surface area contributed by atoms with E-state index in [2.05, 4.69) is 26.3 Å². The summed E-state index contributed by atoms with van der Waals surface area (Å²) in [5, 5.41) is 20.9. The van der Waals surface area contributed by atoms with Gasteiger partial charge in [0.15, 0.2) is 0 Å². The smallest absolute Gasteiger partial charge is 0.326 e. The molecule has 3 unspecified atom stereocenters. The molecule has 1 fully saturated rings. The number of carbonyl (C=O) groups excluding carboxylic acids is 3. The van der Waals surface area contributed by atoms with E-state index in [-0.39, 0.29) is 18.4 Å². The van der Waals surface area contributed by atoms with Gasteiger partial charge in [-0.05, 0) is 37.9 Å². The van der Waals surface area contributed by atoms with E-state index in [1.165, 1.54) is 6.92 Å². The third-order valence-electron chi connectivity index (χ3n) is 5.28. The van der Waals surface area contributed by atoms with Gasteiger partial charge in [0.25, 0.3) is 0 Å². The molecule has 31 heavy (non-hydrogen) atoms. The van der Waals surface area contributed by atoms with Crippen molar-refractivity contribution in [3.8, 4) is 0 Å². The van der Waals surface area contributed by atoms with Gasteiger partial charge in [-0.3, -0.25) is 14.4 Å². The third kappa shape index (κ3) is 5.82. The number of aliphatic carboxylic acids is 1. The van der Waals surface area contributed by atoms with Crippen LogP contribution in [0, 0.1) is 0 Å². The monoisotopic (exact) mass is 429 g/mol. The normalized spacial score (nSPS) is 17.6. The van der Waals surface area contributed by atoms with Gasteiger partial charge in [0.1, 0.15) is 12.1 Å². The highest BCUT2D eigenvalue weighted by Gasteiger charge is 2.26. The van der Waals surface area contributed by atoms with E-state index in [1.807, 2.05) is 24.3 Å². The Hall–Kier alpha value is -3.40. The number of carboxylic acid groups (broad SMARTS) is 1. The van der Waals surface area contributed by atoms with E-state index in [1.54, 1.807) is 6.20 Å². The Morgan fingerprint density at radius 2 is 1.97 bits per heavy atom. The lowest BCUT2D eigenvalue weighted by atomic mass is 10.0. The number of carbonyl (C=O) groups is 4. The largest absolute Gasteiger partial charge is 0.480 e. The van der Waals surface area contributed by atoms with Gasteiger partial charge < -0.3 is 31.4 Å². The van der Waals surface area contributed by atoms with Gasteiger partial charge in [-0.25, -0.2) is 4.79 Å². The fourth-order valence-electron chi connectivity index (χ4n) is 3.57. The molecule has 166 valence electrons. The van der Waals surface area contributed by atoms with Crippen molar-refractivity contribution < 1.29 is 24.3 Å². The lowest BCUT2D eigenvalue weighted by molar-refractivity contribution is -0.141. The first-order chi connectivity index (χ1) is 14.8. The number of amides is 3. The molecule has 0 spiro atoms. The van der Waals surface area contributed by atoms with Crippen molar-refractivity contribution in [1.29, 1.82) is 0 Å². The molecule has 6 N–H and O–H groups in total. The zero-order valence-corrected chi connectivity index (χ0v) is 17.2. The van der Waals surface area contributed by atoms with E-state index in [0.717, 1.165) is 35.9 Å². The van der Waals surface area contributed by atoms with Crippen LogP contribution in [0.5, 0.6) is 0 Å². The number of benzene rings is 1. The first-order valence-electron chi connectivity index (χ1n) is 10.2. The fourth-order valence-corrected chi connectivity index (χ4v) is 3.57. The molecular weight excluding hydrogens is 402 g/mol. The van der Waals surface area contributed by atoms with Crippen molar-refractivity contribution in [2.45, 2.75) is 44.3 Å². The molecule has 2 heterocycles. The first kappa shape index (κ1) is 22.3. The fraction of sp³-hybridized carbons (Fsp3) is 0.429. The Labute approximate surface area is 179 Å². The van der Waals surface area contributed by atoms with E-state index >= 15 is 0 Å². The number of para-hydroxylation sites is 1. The summed E-state index contributed by atoms with van der Waals surface area (Å²) in [7, 11) is 0. The predicted molar refractivity (Wildman–Crippen MR) is 113 cm³/mol. The second kappa shape index (κ2) is 10.1. The SMILES string of the molecule is CC(NC(=O)C1CCCN1)C(=O)NCC(=O)NC(Cc1c[nH]c2ccccc12)C(=O)O. The van der Waals surface area contributed by atoms with Gasteiger partial charge in [0, 0.05) is 23.5 Å². The number of nitrogens with one attached hydrogen (secondary N) is 5. The summed E-state index contributed by atoms with van der Waals surface area (Å²) >= 11 is 0. The maximum Gasteiger partial charge on any atom is 0.326 e. The summed E-state index contributed by atoms with van der Waals surface area (Å²) in [6.07, 6.45) is 3.44. The molecule has 1 aromatic carbocycles. The summed E-state index contributed by atoms with van der Waals surface area (Å²) in [6.45, 7) is 1.90. The molecule has 1 aliphatic rings. The summed E-state index contributed by atoms with van der Waals surface area (Å²) < 4.78 is 0. The molecule has 1 aliphatic heterocycles. The number of rotatable bonds is 9. The Morgan fingerprint density at radius 3 is 2.68 bits per heavy atom. The van der Waals surface area contributed by atoms with Crippen LogP contribution < -0.4 is 21.3 Å². The number of carboxylic acids is 1. The Kier molecular flexibility index (Phi) is 7.24. The highest BCUT2D eigenvalue weighted by atomic mass is 16.4. The summed E-state index contributed by atoms with van der Waals surface area (Å²) in [4.78, 5) is 51.1. The van der Waals surface area contributed by atoms with Crippen LogP contribution >= 0.6 is 0 Å².